The minimum atomic E-state index is -0.0496. The fourth-order valence-corrected chi connectivity index (χ4v) is 3.34. The Hall–Kier alpha value is -4.69. The molecule has 2 aromatic carbocycles. The smallest absolute Gasteiger partial charge is 0.263 e. The molecule has 0 radical (unpaired) electrons. The van der Waals surface area contributed by atoms with Crippen molar-refractivity contribution < 1.29 is 0 Å². The van der Waals surface area contributed by atoms with E-state index in [4.69, 9.17) is 22.0 Å². The number of para-hydroxylation sites is 1. The first-order chi connectivity index (χ1) is 15.5. The monoisotopic (exact) mass is 423 g/mol. The Morgan fingerprint density at radius 2 is 1.81 bits per heavy atom. The summed E-state index contributed by atoms with van der Waals surface area (Å²) in [5, 5.41) is 18.9. The van der Waals surface area contributed by atoms with Crippen molar-refractivity contribution in [2.24, 2.45) is 0 Å². The molecule has 0 unspecified atom stereocenters. The lowest BCUT2D eigenvalue weighted by atomic mass is 10.0. The maximum Gasteiger partial charge on any atom is 0.263 e. The van der Waals surface area contributed by atoms with E-state index in [1.165, 1.54) is 6.20 Å². The van der Waals surface area contributed by atoms with Crippen molar-refractivity contribution in [1.82, 2.24) is 14.5 Å². The summed E-state index contributed by atoms with van der Waals surface area (Å²) in [6.45, 7) is 2.04. The second-order valence-electron chi connectivity index (χ2n) is 6.82. The van der Waals surface area contributed by atoms with Gasteiger partial charge in [-0.2, -0.15) is 15.5 Å². The molecule has 0 atom stereocenters. The summed E-state index contributed by atoms with van der Waals surface area (Å²) in [6, 6.07) is 21.3. The molecule has 0 spiro atoms. The van der Waals surface area contributed by atoms with Crippen molar-refractivity contribution >= 4 is 22.5 Å². The topological polar surface area (TPSA) is 147 Å². The number of aromatic nitrogens is 3. The summed E-state index contributed by atoms with van der Waals surface area (Å²) < 4.78 is 1.75. The maximum atomic E-state index is 13.1. The summed E-state index contributed by atoms with van der Waals surface area (Å²) in [6.07, 6.45) is 2.30. The number of nitrogen functional groups attached to an aromatic ring is 2. The second kappa shape index (κ2) is 9.88. The van der Waals surface area contributed by atoms with E-state index >= 15 is 0 Å². The molecule has 0 aliphatic heterocycles. The Labute approximate surface area is 185 Å². The zero-order valence-electron chi connectivity index (χ0n) is 17.5. The van der Waals surface area contributed by atoms with Crippen molar-refractivity contribution in [3.63, 3.8) is 0 Å². The van der Waals surface area contributed by atoms with E-state index < -0.39 is 0 Å². The number of rotatable bonds is 3. The number of nitrogens with two attached hydrogens (primary N) is 2. The van der Waals surface area contributed by atoms with E-state index in [2.05, 4.69) is 16.0 Å². The molecule has 2 aromatic heterocycles. The van der Waals surface area contributed by atoms with Gasteiger partial charge in [-0.1, -0.05) is 43.3 Å². The Morgan fingerprint density at radius 3 is 2.44 bits per heavy atom. The Kier molecular flexibility index (Phi) is 6.79. The fourth-order valence-electron chi connectivity index (χ4n) is 3.34. The highest BCUT2D eigenvalue weighted by Gasteiger charge is 2.12. The summed E-state index contributed by atoms with van der Waals surface area (Å²) in [7, 11) is 0. The SMILES string of the molecule is CCc1cc2cccc(CC#N)c2c(=O)n1-c1ccccc1.N#Cc1cnc(N)nc1N. The van der Waals surface area contributed by atoms with Crippen LogP contribution in [0.25, 0.3) is 16.5 Å². The third kappa shape index (κ3) is 4.55. The van der Waals surface area contributed by atoms with Crippen LogP contribution in [0.1, 0.15) is 23.7 Å². The molecule has 0 saturated heterocycles. The predicted molar refractivity (Wildman–Crippen MR) is 124 cm³/mol. The summed E-state index contributed by atoms with van der Waals surface area (Å²) in [4.78, 5) is 20.2. The van der Waals surface area contributed by atoms with Gasteiger partial charge in [0.2, 0.25) is 5.95 Å². The fraction of sp³-hybridized carbons (Fsp3) is 0.125. The third-order valence-electron chi connectivity index (χ3n) is 4.81. The Bertz CT molecular complexity index is 1400. The lowest BCUT2D eigenvalue weighted by Crippen LogP contribution is -2.22. The van der Waals surface area contributed by atoms with Gasteiger partial charge in [-0.25, -0.2) is 4.98 Å². The Morgan fingerprint density at radius 1 is 1.06 bits per heavy atom. The highest BCUT2D eigenvalue weighted by Crippen LogP contribution is 2.20. The van der Waals surface area contributed by atoms with Gasteiger partial charge in [-0.15, -0.1) is 0 Å². The molecule has 0 amide bonds. The molecule has 8 nitrogen and oxygen atoms in total. The zero-order valence-corrected chi connectivity index (χ0v) is 17.5. The Balaban J connectivity index is 0.000000243. The van der Waals surface area contributed by atoms with Crippen LogP contribution in [0.15, 0.2) is 65.6 Å². The van der Waals surface area contributed by atoms with Gasteiger partial charge in [0.1, 0.15) is 17.5 Å². The minimum Gasteiger partial charge on any atom is -0.382 e. The molecular weight excluding hydrogens is 402 g/mol. The summed E-state index contributed by atoms with van der Waals surface area (Å²) in [5.74, 6) is 0.200. The molecule has 4 rings (SSSR count). The maximum absolute atomic E-state index is 13.1. The standard InChI is InChI=1S/C19H16N2O.C5H5N5/c1-2-16-13-15-8-6-7-14(11-12-20)18(15)19(22)21(16)17-9-4-3-5-10-17;6-1-3-2-9-5(8)10-4(3)7/h3-10,13H,2,11H2,1H3;2H,(H4,7,8,9,10). The van der Waals surface area contributed by atoms with Gasteiger partial charge in [0.25, 0.3) is 5.56 Å². The van der Waals surface area contributed by atoms with Crippen molar-refractivity contribution in [3.8, 4) is 17.8 Å². The number of pyridine rings is 1. The molecule has 0 aliphatic rings. The minimum absolute atomic E-state index is 0.0496. The molecule has 8 heteroatoms. The quantitative estimate of drug-likeness (QED) is 0.514. The number of hydrogen-bond donors (Lipinski definition) is 2. The molecule has 4 aromatic rings. The van der Waals surface area contributed by atoms with Crippen molar-refractivity contribution in [2.45, 2.75) is 19.8 Å². The number of hydrogen-bond acceptors (Lipinski definition) is 7. The van der Waals surface area contributed by atoms with Gasteiger partial charge in [0.15, 0.2) is 0 Å². The molecule has 0 aliphatic carbocycles. The van der Waals surface area contributed by atoms with Crippen LogP contribution in [0.5, 0.6) is 0 Å². The summed E-state index contributed by atoms with van der Waals surface area (Å²) in [5.41, 5.74) is 13.3. The first kappa shape index (κ1) is 22.0. The van der Waals surface area contributed by atoms with E-state index in [0.29, 0.717) is 5.39 Å². The molecule has 0 bridgehead atoms. The van der Waals surface area contributed by atoms with Crippen molar-refractivity contribution in [2.75, 3.05) is 11.5 Å². The number of fused-ring (bicyclic) bond motifs is 1. The van der Waals surface area contributed by atoms with Gasteiger partial charge in [0, 0.05) is 11.4 Å². The van der Waals surface area contributed by atoms with Crippen LogP contribution in [0.3, 0.4) is 0 Å². The highest BCUT2D eigenvalue weighted by atomic mass is 16.1. The van der Waals surface area contributed by atoms with Crippen LogP contribution in [-0.2, 0) is 12.8 Å². The van der Waals surface area contributed by atoms with Crippen molar-refractivity contribution in [3.05, 3.63) is 88.0 Å². The van der Waals surface area contributed by atoms with E-state index in [1.54, 1.807) is 4.57 Å². The number of anilines is 2. The molecule has 0 fully saturated rings. The van der Waals surface area contributed by atoms with Gasteiger partial charge in [0.05, 0.1) is 24.1 Å². The molecule has 2 heterocycles. The normalized spacial score (nSPS) is 9.97. The summed E-state index contributed by atoms with van der Waals surface area (Å²) >= 11 is 0. The molecular formula is C24H21N7O. The van der Waals surface area contributed by atoms with Crippen LogP contribution in [0.2, 0.25) is 0 Å². The third-order valence-corrected chi connectivity index (χ3v) is 4.81. The van der Waals surface area contributed by atoms with Crippen LogP contribution in [0.4, 0.5) is 11.8 Å². The van der Waals surface area contributed by atoms with Crippen LogP contribution in [-0.4, -0.2) is 14.5 Å². The highest BCUT2D eigenvalue weighted by molar-refractivity contribution is 5.86. The van der Waals surface area contributed by atoms with Crippen molar-refractivity contribution in [1.29, 1.82) is 10.5 Å². The number of nitrogens with zero attached hydrogens (tertiary/aromatic N) is 5. The number of benzene rings is 2. The van der Waals surface area contributed by atoms with Gasteiger partial charge in [-0.05, 0) is 35.6 Å². The average molecular weight is 423 g/mol. The lowest BCUT2D eigenvalue weighted by molar-refractivity contribution is 0.888. The average Bonchev–Trinajstić information content (AvgIpc) is 2.80. The molecule has 158 valence electrons. The van der Waals surface area contributed by atoms with E-state index in [0.717, 1.165) is 28.8 Å². The van der Waals surface area contributed by atoms with E-state index in [9.17, 15) is 4.79 Å². The van der Waals surface area contributed by atoms with Crippen LogP contribution < -0.4 is 17.0 Å². The van der Waals surface area contributed by atoms with Gasteiger partial charge in [-0.3, -0.25) is 9.36 Å². The lowest BCUT2D eigenvalue weighted by Gasteiger charge is -2.14. The number of nitriles is 2. The molecule has 4 N–H and O–H groups in total. The predicted octanol–water partition coefficient (Wildman–Crippen LogP) is 3.13. The zero-order chi connectivity index (χ0) is 23.1. The van der Waals surface area contributed by atoms with Crippen LogP contribution >= 0.6 is 0 Å². The largest absolute Gasteiger partial charge is 0.382 e. The molecule has 0 saturated carbocycles. The van der Waals surface area contributed by atoms with Crippen LogP contribution in [0, 0.1) is 22.7 Å². The van der Waals surface area contributed by atoms with E-state index in [-0.39, 0.29) is 29.3 Å². The first-order valence-electron chi connectivity index (χ1n) is 9.87. The number of aryl methyl sites for hydroxylation is 1. The van der Waals surface area contributed by atoms with Gasteiger partial charge >= 0.3 is 0 Å². The first-order valence-corrected chi connectivity index (χ1v) is 9.87. The van der Waals surface area contributed by atoms with E-state index in [1.807, 2.05) is 67.6 Å². The molecule has 32 heavy (non-hydrogen) atoms. The van der Waals surface area contributed by atoms with Gasteiger partial charge < -0.3 is 11.5 Å². The second-order valence-corrected chi connectivity index (χ2v) is 6.82.